The lowest BCUT2D eigenvalue weighted by Gasteiger charge is -2.42. The molecule has 8 heteroatoms. The number of piperidine rings is 1. The van der Waals surface area contributed by atoms with E-state index in [1.54, 1.807) is 28.2 Å². The third-order valence-corrected chi connectivity index (χ3v) is 7.07. The van der Waals surface area contributed by atoms with E-state index < -0.39 is 6.10 Å². The first-order valence-corrected chi connectivity index (χ1v) is 11.7. The van der Waals surface area contributed by atoms with Gasteiger partial charge in [0.25, 0.3) is 0 Å². The van der Waals surface area contributed by atoms with Crippen molar-refractivity contribution in [3.05, 3.63) is 93.5 Å². The maximum absolute atomic E-state index is 13.3. The van der Waals surface area contributed by atoms with Crippen LogP contribution in [-0.4, -0.2) is 37.6 Å². The van der Waals surface area contributed by atoms with Crippen LogP contribution in [0.4, 0.5) is 4.39 Å². The Morgan fingerprint density at radius 3 is 2.59 bits per heavy atom. The summed E-state index contributed by atoms with van der Waals surface area (Å²) in [7, 11) is 0. The molecule has 164 valence electrons. The SMILES string of the molecule is O[C@@H]1C[C@H](c2ccc(Cl)cc2)N(Cc2cccs2)C[C@H]1n1cc(-c2ccc(F)cc2)nn1. The van der Waals surface area contributed by atoms with Gasteiger partial charge in [-0.25, -0.2) is 9.07 Å². The van der Waals surface area contributed by atoms with Crippen LogP contribution < -0.4 is 0 Å². The quantitative estimate of drug-likeness (QED) is 0.429. The summed E-state index contributed by atoms with van der Waals surface area (Å²) in [5.41, 5.74) is 2.58. The van der Waals surface area contributed by atoms with Gasteiger partial charge in [-0.05, 0) is 59.8 Å². The number of benzene rings is 2. The number of thiophene rings is 1. The smallest absolute Gasteiger partial charge is 0.123 e. The second kappa shape index (κ2) is 9.11. The zero-order valence-corrected chi connectivity index (χ0v) is 18.8. The summed E-state index contributed by atoms with van der Waals surface area (Å²) >= 11 is 7.82. The van der Waals surface area contributed by atoms with Crippen molar-refractivity contribution in [1.29, 1.82) is 0 Å². The number of aliphatic hydroxyl groups is 1. The first-order chi connectivity index (χ1) is 15.6. The molecule has 0 aliphatic carbocycles. The fourth-order valence-corrected chi connectivity index (χ4v) is 5.14. The van der Waals surface area contributed by atoms with Crippen LogP contribution in [0, 0.1) is 5.82 Å². The van der Waals surface area contributed by atoms with E-state index in [0.717, 1.165) is 17.7 Å². The molecule has 5 rings (SSSR count). The molecular weight excluding hydrogens is 447 g/mol. The summed E-state index contributed by atoms with van der Waals surface area (Å²) in [4.78, 5) is 3.65. The van der Waals surface area contributed by atoms with Gasteiger partial charge in [0.05, 0.1) is 18.3 Å². The zero-order valence-electron chi connectivity index (χ0n) is 17.2. The molecule has 1 fully saturated rings. The van der Waals surface area contributed by atoms with Crippen molar-refractivity contribution in [2.45, 2.75) is 31.2 Å². The molecular formula is C24H22ClFN4OS. The van der Waals surface area contributed by atoms with Crippen LogP contribution in [0.15, 0.2) is 72.2 Å². The molecule has 0 spiro atoms. The Balaban J connectivity index is 1.42. The molecule has 2 aromatic carbocycles. The monoisotopic (exact) mass is 468 g/mol. The van der Waals surface area contributed by atoms with Gasteiger partial charge in [0.2, 0.25) is 0 Å². The minimum Gasteiger partial charge on any atom is -0.391 e. The second-order valence-corrected chi connectivity index (χ2v) is 9.51. The average molecular weight is 469 g/mol. The van der Waals surface area contributed by atoms with Crippen molar-refractivity contribution in [3.8, 4) is 11.3 Å². The predicted octanol–water partition coefficient (Wildman–Crippen LogP) is 5.35. The van der Waals surface area contributed by atoms with E-state index in [2.05, 4.69) is 32.7 Å². The average Bonchev–Trinajstić information content (AvgIpc) is 3.48. The highest BCUT2D eigenvalue weighted by Crippen LogP contribution is 2.37. The number of nitrogens with zero attached hydrogens (tertiary/aromatic N) is 4. The highest BCUT2D eigenvalue weighted by atomic mass is 35.5. The summed E-state index contributed by atoms with van der Waals surface area (Å²) in [6, 6.07) is 18.0. The Bertz CT molecular complexity index is 1160. The first-order valence-electron chi connectivity index (χ1n) is 10.4. The van der Waals surface area contributed by atoms with E-state index in [-0.39, 0.29) is 17.9 Å². The molecule has 2 aromatic heterocycles. The van der Waals surface area contributed by atoms with Crippen molar-refractivity contribution < 1.29 is 9.50 Å². The van der Waals surface area contributed by atoms with Gasteiger partial charge in [0.15, 0.2) is 0 Å². The molecule has 3 heterocycles. The van der Waals surface area contributed by atoms with Crippen LogP contribution in [-0.2, 0) is 6.54 Å². The highest BCUT2D eigenvalue weighted by Gasteiger charge is 2.37. The number of likely N-dealkylation sites (tertiary alicyclic amines) is 1. The molecule has 1 aliphatic heterocycles. The number of aliphatic hydroxyl groups excluding tert-OH is 1. The Kier molecular flexibility index (Phi) is 6.06. The van der Waals surface area contributed by atoms with Crippen LogP contribution in [0.25, 0.3) is 11.3 Å². The third-order valence-electron chi connectivity index (χ3n) is 5.96. The fourth-order valence-electron chi connectivity index (χ4n) is 4.29. The summed E-state index contributed by atoms with van der Waals surface area (Å²) in [6.07, 6.45) is 1.81. The summed E-state index contributed by atoms with van der Waals surface area (Å²) in [5.74, 6) is -0.290. The largest absolute Gasteiger partial charge is 0.391 e. The molecule has 0 bridgehead atoms. The van der Waals surface area contributed by atoms with Crippen molar-refractivity contribution in [2.24, 2.45) is 0 Å². The number of hydrogen-bond acceptors (Lipinski definition) is 5. The van der Waals surface area contributed by atoms with E-state index in [1.165, 1.54) is 17.0 Å². The van der Waals surface area contributed by atoms with Gasteiger partial charge in [-0.3, -0.25) is 4.90 Å². The zero-order chi connectivity index (χ0) is 22.1. The molecule has 1 aliphatic rings. The molecule has 32 heavy (non-hydrogen) atoms. The van der Waals surface area contributed by atoms with Gasteiger partial charge in [-0.1, -0.05) is 35.0 Å². The molecule has 0 amide bonds. The lowest BCUT2D eigenvalue weighted by atomic mass is 9.90. The van der Waals surface area contributed by atoms with E-state index in [9.17, 15) is 9.50 Å². The van der Waals surface area contributed by atoms with Crippen LogP contribution >= 0.6 is 22.9 Å². The Labute approximate surface area is 194 Å². The van der Waals surface area contributed by atoms with Crippen LogP contribution in [0.3, 0.4) is 0 Å². The van der Waals surface area contributed by atoms with Crippen LogP contribution in [0.5, 0.6) is 0 Å². The standard InChI is InChI=1S/C24H22ClFN4OS/c25-18-7-3-17(4-8-18)22-12-24(31)23(15-29(22)13-20-2-1-11-32-20)30-14-21(27-28-30)16-5-9-19(26)10-6-16/h1-11,14,22-24,31H,12-13,15H2/t22-,23-,24-/m1/s1. The third kappa shape index (κ3) is 4.47. The van der Waals surface area contributed by atoms with Crippen molar-refractivity contribution >= 4 is 22.9 Å². The maximum Gasteiger partial charge on any atom is 0.123 e. The van der Waals surface area contributed by atoms with E-state index in [4.69, 9.17) is 11.6 Å². The molecule has 0 radical (unpaired) electrons. The molecule has 4 aromatic rings. The number of rotatable bonds is 5. The molecule has 3 atom stereocenters. The van der Waals surface area contributed by atoms with Crippen LogP contribution in [0.1, 0.15) is 28.9 Å². The van der Waals surface area contributed by atoms with Gasteiger partial charge in [0, 0.05) is 34.6 Å². The lowest BCUT2D eigenvalue weighted by molar-refractivity contribution is -0.0105. The lowest BCUT2D eigenvalue weighted by Crippen LogP contribution is -2.45. The van der Waals surface area contributed by atoms with Crippen molar-refractivity contribution in [2.75, 3.05) is 6.54 Å². The van der Waals surface area contributed by atoms with Gasteiger partial charge in [-0.2, -0.15) is 0 Å². The Hall–Kier alpha value is -2.58. The molecule has 0 unspecified atom stereocenters. The predicted molar refractivity (Wildman–Crippen MR) is 124 cm³/mol. The molecule has 5 nitrogen and oxygen atoms in total. The second-order valence-electron chi connectivity index (χ2n) is 8.04. The minimum atomic E-state index is -0.585. The van der Waals surface area contributed by atoms with Gasteiger partial charge < -0.3 is 5.11 Å². The summed E-state index contributed by atoms with van der Waals surface area (Å²) in [5, 5.41) is 22.4. The summed E-state index contributed by atoms with van der Waals surface area (Å²) in [6.45, 7) is 1.41. The normalized spacial score (nSPS) is 21.7. The molecule has 1 saturated heterocycles. The number of hydrogen-bond donors (Lipinski definition) is 1. The van der Waals surface area contributed by atoms with E-state index in [1.807, 2.05) is 30.5 Å². The van der Waals surface area contributed by atoms with Gasteiger partial charge in [-0.15, -0.1) is 16.4 Å². The topological polar surface area (TPSA) is 54.2 Å². The molecule has 0 saturated carbocycles. The maximum atomic E-state index is 13.3. The summed E-state index contributed by atoms with van der Waals surface area (Å²) < 4.78 is 15.0. The molecule has 1 N–H and O–H groups in total. The fraction of sp³-hybridized carbons (Fsp3) is 0.250. The van der Waals surface area contributed by atoms with Crippen molar-refractivity contribution in [3.63, 3.8) is 0 Å². The van der Waals surface area contributed by atoms with E-state index in [0.29, 0.717) is 23.7 Å². The number of aromatic nitrogens is 3. The van der Waals surface area contributed by atoms with E-state index >= 15 is 0 Å². The number of halogens is 2. The Morgan fingerprint density at radius 2 is 1.88 bits per heavy atom. The first kappa shape index (κ1) is 21.3. The van der Waals surface area contributed by atoms with Crippen LogP contribution in [0.2, 0.25) is 5.02 Å². The Morgan fingerprint density at radius 1 is 1.09 bits per heavy atom. The highest BCUT2D eigenvalue weighted by molar-refractivity contribution is 7.09. The van der Waals surface area contributed by atoms with Gasteiger partial charge >= 0.3 is 0 Å². The van der Waals surface area contributed by atoms with Gasteiger partial charge in [0.1, 0.15) is 11.5 Å². The van der Waals surface area contributed by atoms with Crippen molar-refractivity contribution in [1.82, 2.24) is 19.9 Å². The minimum absolute atomic E-state index is 0.0701.